The molecule has 0 aliphatic rings. The van der Waals surface area contributed by atoms with Crippen LogP contribution in [0.5, 0.6) is 0 Å². The molecule has 0 atom stereocenters. The van der Waals surface area contributed by atoms with Crippen molar-refractivity contribution in [1.29, 1.82) is 0 Å². The Hall–Kier alpha value is -1.57. The molecule has 1 aromatic heterocycles. The molecule has 1 heterocycles. The van der Waals surface area contributed by atoms with E-state index in [4.69, 9.17) is 9.21 Å². The molecule has 22 heavy (non-hydrogen) atoms. The first-order chi connectivity index (χ1) is 10.8. The number of hydrazine groups is 1. The molecular weight excluding hydrogens is 318 g/mol. The number of hydrogen-bond donors (Lipinski definition) is 3. The number of rotatable bonds is 7. The third-order valence-corrected chi connectivity index (χ3v) is 4.78. The molecule has 0 aliphatic heterocycles. The second-order valence-corrected chi connectivity index (χ2v) is 6.26. The zero-order valence-electron chi connectivity index (χ0n) is 12.7. The molecule has 2 rings (SSSR count). The number of carbonyl (C=O) groups excluding carboxylic acids is 1. The summed E-state index contributed by atoms with van der Waals surface area (Å²) >= 11 is 3.70. The molecule has 1 aromatic carbocycles. The van der Waals surface area contributed by atoms with Crippen molar-refractivity contribution in [2.45, 2.75) is 22.5 Å². The average molecular weight is 339 g/mol. The number of furan rings is 1. The molecule has 120 valence electrons. The van der Waals surface area contributed by atoms with Gasteiger partial charge in [-0.15, -0.1) is 23.5 Å². The second-order valence-electron chi connectivity index (χ2n) is 3.97. The zero-order valence-corrected chi connectivity index (χ0v) is 14.3. The number of hydrogen-bond acceptors (Lipinski definition) is 6. The van der Waals surface area contributed by atoms with Crippen molar-refractivity contribution in [3.8, 4) is 0 Å². The van der Waals surface area contributed by atoms with Gasteiger partial charge in [-0.2, -0.15) is 0 Å². The van der Waals surface area contributed by atoms with Crippen molar-refractivity contribution in [1.82, 2.24) is 5.43 Å². The lowest BCUT2D eigenvalue weighted by atomic mass is 10.3. The molecule has 7 heteroatoms. The van der Waals surface area contributed by atoms with Crippen LogP contribution < -0.4 is 16.6 Å². The first-order valence-electron chi connectivity index (χ1n) is 6.75. The van der Waals surface area contributed by atoms with Gasteiger partial charge in [-0.25, -0.2) is 5.84 Å². The lowest BCUT2D eigenvalue weighted by Gasteiger charge is -2.12. The van der Waals surface area contributed by atoms with Gasteiger partial charge in [-0.3, -0.25) is 10.2 Å². The summed E-state index contributed by atoms with van der Waals surface area (Å²) in [5.41, 5.74) is 2.94. The van der Waals surface area contributed by atoms with E-state index in [1.807, 2.05) is 42.7 Å². The summed E-state index contributed by atoms with van der Waals surface area (Å²) in [6.07, 6.45) is 2.13. The lowest BCUT2D eigenvalue weighted by molar-refractivity contribution is -0.109. The monoisotopic (exact) mass is 339 g/mol. The van der Waals surface area contributed by atoms with Gasteiger partial charge in [0.15, 0.2) is 0 Å². The topological polar surface area (TPSA) is 80.3 Å². The molecule has 0 bridgehead atoms. The highest BCUT2D eigenvalue weighted by Crippen LogP contribution is 2.38. The third kappa shape index (κ3) is 6.05. The number of carbonyl (C=O) groups is 1. The zero-order chi connectivity index (χ0) is 16.2. The summed E-state index contributed by atoms with van der Waals surface area (Å²) in [7, 11) is 1.96. The van der Waals surface area contributed by atoms with Crippen LogP contribution in [0.3, 0.4) is 0 Å². The summed E-state index contributed by atoms with van der Waals surface area (Å²) in [6, 6.07) is 10.3. The largest absolute Gasteiger partial charge is 0.468 e. The van der Waals surface area contributed by atoms with Crippen molar-refractivity contribution >= 4 is 35.6 Å². The summed E-state index contributed by atoms with van der Waals surface area (Å²) in [6.45, 7) is 2.18. The standard InChI is InChI=1S/C14H17NOS2.CH4N2O/c1-3-17-13-8-4-7-12(15-2)14(13)18-10-11-6-5-9-16-11;2-3-1-4/h4-9,15H,3,10H2,1-2H3;1H,2H2,(H,3,4). The van der Waals surface area contributed by atoms with Gasteiger partial charge in [0.25, 0.3) is 0 Å². The predicted molar refractivity (Wildman–Crippen MR) is 94.0 cm³/mol. The predicted octanol–water partition coefficient (Wildman–Crippen LogP) is 3.33. The Bertz CT molecular complexity index is 548. The first-order valence-corrected chi connectivity index (χ1v) is 8.72. The summed E-state index contributed by atoms with van der Waals surface area (Å²) < 4.78 is 5.38. The number of benzene rings is 1. The number of nitrogens with one attached hydrogen (secondary N) is 2. The van der Waals surface area contributed by atoms with Crippen LogP contribution in [0.15, 0.2) is 50.8 Å². The van der Waals surface area contributed by atoms with Crippen LogP contribution in [0.4, 0.5) is 5.69 Å². The summed E-state index contributed by atoms with van der Waals surface area (Å²) in [5.74, 6) is 7.37. The highest BCUT2D eigenvalue weighted by atomic mass is 32.2. The minimum atomic E-state index is 0.403. The van der Waals surface area contributed by atoms with Crippen molar-refractivity contribution in [2.24, 2.45) is 5.84 Å². The molecule has 0 unspecified atom stereocenters. The fraction of sp³-hybridized carbons (Fsp3) is 0.267. The summed E-state index contributed by atoms with van der Waals surface area (Å²) in [5, 5.41) is 3.26. The van der Waals surface area contributed by atoms with Gasteiger partial charge in [0, 0.05) is 22.5 Å². The van der Waals surface area contributed by atoms with Gasteiger partial charge in [0.05, 0.1) is 12.0 Å². The molecule has 2 aromatic rings. The first kappa shape index (κ1) is 18.5. The molecule has 1 amide bonds. The van der Waals surface area contributed by atoms with Crippen molar-refractivity contribution in [3.05, 3.63) is 42.4 Å². The van der Waals surface area contributed by atoms with E-state index in [9.17, 15) is 0 Å². The molecule has 0 saturated carbocycles. The highest BCUT2D eigenvalue weighted by Gasteiger charge is 2.09. The Labute approximate surface area is 139 Å². The van der Waals surface area contributed by atoms with Crippen LogP contribution in [0.2, 0.25) is 0 Å². The maximum atomic E-state index is 8.94. The molecule has 0 radical (unpaired) electrons. The quantitative estimate of drug-likeness (QED) is 0.236. The van der Waals surface area contributed by atoms with E-state index < -0.39 is 0 Å². The normalized spacial score (nSPS) is 9.59. The molecule has 0 aliphatic carbocycles. The number of amides is 1. The van der Waals surface area contributed by atoms with Gasteiger partial charge in [0.1, 0.15) is 5.76 Å². The Balaban J connectivity index is 0.000000541. The van der Waals surface area contributed by atoms with Gasteiger partial charge in [-0.05, 0) is 30.0 Å². The van der Waals surface area contributed by atoms with Crippen LogP contribution in [-0.2, 0) is 10.5 Å². The van der Waals surface area contributed by atoms with Gasteiger partial charge < -0.3 is 9.73 Å². The Morgan fingerprint density at radius 1 is 1.27 bits per heavy atom. The van der Waals surface area contributed by atoms with Crippen molar-refractivity contribution in [2.75, 3.05) is 18.1 Å². The van der Waals surface area contributed by atoms with E-state index in [2.05, 4.69) is 36.3 Å². The SMILES string of the molecule is CCSc1cccc(NC)c1SCc1ccco1.NNC=O. The van der Waals surface area contributed by atoms with Crippen LogP contribution in [0, 0.1) is 0 Å². The van der Waals surface area contributed by atoms with Crippen LogP contribution >= 0.6 is 23.5 Å². The molecule has 4 N–H and O–H groups in total. The second kappa shape index (κ2) is 11.1. The fourth-order valence-electron chi connectivity index (χ4n) is 1.67. The maximum absolute atomic E-state index is 8.94. The van der Waals surface area contributed by atoms with Crippen molar-refractivity contribution in [3.63, 3.8) is 0 Å². The van der Waals surface area contributed by atoms with Crippen LogP contribution in [-0.4, -0.2) is 19.2 Å². The minimum absolute atomic E-state index is 0.403. The van der Waals surface area contributed by atoms with E-state index in [0.717, 1.165) is 17.3 Å². The molecular formula is C15H21N3O2S2. The molecule has 0 spiro atoms. The Morgan fingerprint density at radius 3 is 2.59 bits per heavy atom. The Kier molecular flexibility index (Phi) is 9.29. The molecule has 0 saturated heterocycles. The minimum Gasteiger partial charge on any atom is -0.468 e. The Morgan fingerprint density at radius 2 is 2.05 bits per heavy atom. The summed E-state index contributed by atoms with van der Waals surface area (Å²) in [4.78, 5) is 11.6. The van der Waals surface area contributed by atoms with E-state index in [1.54, 1.807) is 11.7 Å². The third-order valence-electron chi connectivity index (χ3n) is 2.55. The van der Waals surface area contributed by atoms with Gasteiger partial charge in [0.2, 0.25) is 6.41 Å². The highest BCUT2D eigenvalue weighted by molar-refractivity contribution is 8.02. The molecule has 0 fully saturated rings. The van der Waals surface area contributed by atoms with Crippen LogP contribution in [0.25, 0.3) is 0 Å². The van der Waals surface area contributed by atoms with E-state index >= 15 is 0 Å². The number of thioether (sulfide) groups is 2. The fourth-order valence-corrected chi connectivity index (χ4v) is 3.74. The van der Waals surface area contributed by atoms with E-state index in [0.29, 0.717) is 6.41 Å². The van der Waals surface area contributed by atoms with Crippen molar-refractivity contribution < 1.29 is 9.21 Å². The van der Waals surface area contributed by atoms with E-state index in [1.165, 1.54) is 15.5 Å². The van der Waals surface area contributed by atoms with Gasteiger partial charge >= 0.3 is 0 Å². The average Bonchev–Trinajstić information content (AvgIpc) is 3.07. The van der Waals surface area contributed by atoms with Crippen LogP contribution in [0.1, 0.15) is 12.7 Å². The number of anilines is 1. The van der Waals surface area contributed by atoms with E-state index in [-0.39, 0.29) is 0 Å². The number of nitrogens with two attached hydrogens (primary N) is 1. The van der Waals surface area contributed by atoms with Gasteiger partial charge in [-0.1, -0.05) is 13.0 Å². The molecule has 5 nitrogen and oxygen atoms in total. The maximum Gasteiger partial charge on any atom is 0.221 e. The smallest absolute Gasteiger partial charge is 0.221 e. The lowest BCUT2D eigenvalue weighted by Crippen LogP contribution is -2.18.